The van der Waals surface area contributed by atoms with Crippen LogP contribution >= 0.6 is 0 Å². The first-order chi connectivity index (χ1) is 15.6. The van der Waals surface area contributed by atoms with E-state index in [2.05, 4.69) is 26.2 Å². The highest BCUT2D eigenvalue weighted by Crippen LogP contribution is 2.21. The number of rotatable bonds is 7. The second kappa shape index (κ2) is 8.88. The summed E-state index contributed by atoms with van der Waals surface area (Å²) in [5.41, 5.74) is 1.10. The molecule has 1 aromatic heterocycles. The number of piperazine rings is 1. The van der Waals surface area contributed by atoms with Crippen LogP contribution in [-0.4, -0.2) is 73.1 Å². The van der Waals surface area contributed by atoms with Crippen LogP contribution in [0.3, 0.4) is 0 Å². The number of carbonyl (C=O) groups is 1. The number of benzene rings is 2. The molecule has 0 unspecified atom stereocenters. The Bertz CT molecular complexity index is 1390. The largest absolute Gasteiger partial charge is 0.378 e. The maximum atomic E-state index is 12.9. The summed E-state index contributed by atoms with van der Waals surface area (Å²) in [6.45, 7) is 0.436. The molecule has 2 heterocycles. The molecule has 0 spiro atoms. The Morgan fingerprint density at radius 3 is 2.52 bits per heavy atom. The number of aromatic nitrogens is 4. The number of anilines is 1. The number of hydrogen-bond acceptors (Lipinski definition) is 9. The number of nitrogens with zero attached hydrogens (tertiary/aromatic N) is 5. The second-order valence-corrected chi connectivity index (χ2v) is 11.3. The van der Waals surface area contributed by atoms with Gasteiger partial charge in [-0.3, -0.25) is 4.79 Å². The molecule has 2 N–H and O–H groups in total. The number of sulfone groups is 1. The van der Waals surface area contributed by atoms with Gasteiger partial charge in [0, 0.05) is 25.0 Å². The van der Waals surface area contributed by atoms with E-state index in [0.29, 0.717) is 17.2 Å². The fourth-order valence-electron chi connectivity index (χ4n) is 3.27. The summed E-state index contributed by atoms with van der Waals surface area (Å²) < 4.78 is 51.7. The maximum Gasteiger partial charge on any atom is 0.243 e. The third-order valence-electron chi connectivity index (χ3n) is 4.97. The molecule has 12 nitrogen and oxygen atoms in total. The van der Waals surface area contributed by atoms with Crippen molar-refractivity contribution in [3.63, 3.8) is 0 Å². The summed E-state index contributed by atoms with van der Waals surface area (Å²) in [5, 5.41) is 17.3. The van der Waals surface area contributed by atoms with E-state index < -0.39 is 19.9 Å². The lowest BCUT2D eigenvalue weighted by Crippen LogP contribution is -2.49. The summed E-state index contributed by atoms with van der Waals surface area (Å²) in [4.78, 5) is 11.8. The zero-order valence-corrected chi connectivity index (χ0v) is 19.2. The van der Waals surface area contributed by atoms with E-state index in [1.54, 1.807) is 24.3 Å². The maximum absolute atomic E-state index is 12.9. The van der Waals surface area contributed by atoms with Crippen LogP contribution in [0.25, 0.3) is 5.69 Å². The Morgan fingerprint density at radius 1 is 1.06 bits per heavy atom. The molecule has 1 amide bonds. The van der Waals surface area contributed by atoms with Crippen LogP contribution in [-0.2, 0) is 31.2 Å². The molecule has 1 fully saturated rings. The first-order valence-electron chi connectivity index (χ1n) is 9.83. The number of carbonyl (C=O) groups excluding carboxylic acids is 1. The highest BCUT2D eigenvalue weighted by Gasteiger charge is 2.29. The summed E-state index contributed by atoms with van der Waals surface area (Å²) in [6, 6.07) is 12.4. The molecule has 1 saturated heterocycles. The Morgan fingerprint density at radius 2 is 1.82 bits per heavy atom. The SMILES string of the molecule is CS(=O)(=O)c1ccc(-n2nnnc2CNc2cccc(S(=O)(=O)N3CCNC(=O)C3)c2)cc1. The standard InChI is InChI=1S/C19H21N7O5S2/c1-32(28,29)16-7-5-15(6-8-16)26-18(22-23-24-26)12-21-14-3-2-4-17(11-14)33(30,31)25-10-9-20-19(27)13-25/h2-8,11,21H,9-10,12-13H2,1H3,(H,20,27). The summed E-state index contributed by atoms with van der Waals surface area (Å²) in [5.74, 6) is 0.0959. The normalized spacial score (nSPS) is 15.2. The number of tetrazole rings is 1. The predicted molar refractivity (Wildman–Crippen MR) is 118 cm³/mol. The molecule has 1 aliphatic rings. The third-order valence-corrected chi connectivity index (χ3v) is 7.94. The monoisotopic (exact) mass is 491 g/mol. The highest BCUT2D eigenvalue weighted by atomic mass is 32.2. The quantitative estimate of drug-likeness (QED) is 0.457. The van der Waals surface area contributed by atoms with E-state index in [-0.39, 0.29) is 41.9 Å². The van der Waals surface area contributed by atoms with Gasteiger partial charge in [-0.05, 0) is 52.9 Å². The van der Waals surface area contributed by atoms with Gasteiger partial charge in [-0.25, -0.2) is 16.8 Å². The lowest BCUT2D eigenvalue weighted by molar-refractivity contribution is -0.122. The van der Waals surface area contributed by atoms with Gasteiger partial charge in [-0.15, -0.1) is 5.10 Å². The van der Waals surface area contributed by atoms with Gasteiger partial charge in [-0.2, -0.15) is 8.99 Å². The van der Waals surface area contributed by atoms with E-state index >= 15 is 0 Å². The van der Waals surface area contributed by atoms with Crippen LogP contribution < -0.4 is 10.6 Å². The smallest absolute Gasteiger partial charge is 0.243 e. The van der Waals surface area contributed by atoms with Crippen LogP contribution in [0.4, 0.5) is 5.69 Å². The Hall–Kier alpha value is -3.36. The van der Waals surface area contributed by atoms with Crippen molar-refractivity contribution in [3.05, 3.63) is 54.4 Å². The molecule has 0 aliphatic carbocycles. The van der Waals surface area contributed by atoms with Crippen molar-refractivity contribution in [1.29, 1.82) is 0 Å². The van der Waals surface area contributed by atoms with Gasteiger partial charge in [-0.1, -0.05) is 6.07 Å². The zero-order valence-electron chi connectivity index (χ0n) is 17.5. The molecular weight excluding hydrogens is 470 g/mol. The third kappa shape index (κ3) is 5.02. The molecule has 1 aliphatic heterocycles. The zero-order chi connectivity index (χ0) is 23.6. The molecule has 4 rings (SSSR count). The fraction of sp³-hybridized carbons (Fsp3) is 0.263. The van der Waals surface area contributed by atoms with Crippen LogP contribution in [0.2, 0.25) is 0 Å². The fourth-order valence-corrected chi connectivity index (χ4v) is 5.34. The van der Waals surface area contributed by atoms with E-state index in [0.717, 1.165) is 10.6 Å². The van der Waals surface area contributed by atoms with E-state index in [9.17, 15) is 21.6 Å². The Kier molecular flexibility index (Phi) is 6.14. The number of hydrogen-bond donors (Lipinski definition) is 2. The molecule has 0 radical (unpaired) electrons. The van der Waals surface area contributed by atoms with Gasteiger partial charge < -0.3 is 10.6 Å². The van der Waals surface area contributed by atoms with Crippen LogP contribution in [0.5, 0.6) is 0 Å². The Balaban J connectivity index is 1.50. The molecule has 0 bridgehead atoms. The van der Waals surface area contributed by atoms with Gasteiger partial charge in [0.15, 0.2) is 15.7 Å². The molecule has 0 atom stereocenters. The Labute approximate surface area is 190 Å². The van der Waals surface area contributed by atoms with Crippen molar-refractivity contribution >= 4 is 31.5 Å². The molecule has 14 heteroatoms. The lowest BCUT2D eigenvalue weighted by atomic mass is 10.3. The minimum absolute atomic E-state index is 0.0677. The van der Waals surface area contributed by atoms with E-state index in [1.807, 2.05) is 0 Å². The summed E-state index contributed by atoms with van der Waals surface area (Å²) >= 11 is 0. The van der Waals surface area contributed by atoms with Gasteiger partial charge in [0.25, 0.3) is 0 Å². The van der Waals surface area contributed by atoms with Crippen LogP contribution in [0.15, 0.2) is 58.3 Å². The van der Waals surface area contributed by atoms with E-state index in [4.69, 9.17) is 0 Å². The molecule has 33 heavy (non-hydrogen) atoms. The van der Waals surface area contributed by atoms with Crippen molar-refractivity contribution in [1.82, 2.24) is 29.8 Å². The van der Waals surface area contributed by atoms with Crippen molar-refractivity contribution in [2.45, 2.75) is 16.3 Å². The van der Waals surface area contributed by atoms with Gasteiger partial charge in [0.2, 0.25) is 15.9 Å². The highest BCUT2D eigenvalue weighted by molar-refractivity contribution is 7.90. The van der Waals surface area contributed by atoms with Crippen molar-refractivity contribution in [2.75, 3.05) is 31.2 Å². The van der Waals surface area contributed by atoms with Crippen molar-refractivity contribution in [3.8, 4) is 5.69 Å². The minimum Gasteiger partial charge on any atom is -0.378 e. The summed E-state index contributed by atoms with van der Waals surface area (Å²) in [6.07, 6.45) is 1.13. The number of nitrogens with one attached hydrogen (secondary N) is 2. The average molecular weight is 492 g/mol. The first-order valence-corrected chi connectivity index (χ1v) is 13.2. The minimum atomic E-state index is -3.82. The molecule has 2 aromatic carbocycles. The molecule has 3 aromatic rings. The second-order valence-electron chi connectivity index (χ2n) is 7.34. The van der Waals surface area contributed by atoms with Crippen LogP contribution in [0, 0.1) is 0 Å². The average Bonchev–Trinajstić information content (AvgIpc) is 3.26. The van der Waals surface area contributed by atoms with Gasteiger partial charge in [0.1, 0.15) is 0 Å². The van der Waals surface area contributed by atoms with Gasteiger partial charge in [0.05, 0.1) is 28.6 Å². The van der Waals surface area contributed by atoms with Crippen LogP contribution in [0.1, 0.15) is 5.82 Å². The molecule has 174 valence electrons. The molecular formula is C19H21N7O5S2. The topological polar surface area (TPSA) is 156 Å². The first kappa shape index (κ1) is 22.8. The molecule has 0 saturated carbocycles. The lowest BCUT2D eigenvalue weighted by Gasteiger charge is -2.26. The van der Waals surface area contributed by atoms with Crippen molar-refractivity contribution in [2.24, 2.45) is 0 Å². The van der Waals surface area contributed by atoms with Crippen molar-refractivity contribution < 1.29 is 21.6 Å². The number of sulfonamides is 1. The van der Waals surface area contributed by atoms with E-state index in [1.165, 1.54) is 28.9 Å². The predicted octanol–water partition coefficient (Wildman–Crippen LogP) is -0.202. The van der Waals surface area contributed by atoms with Gasteiger partial charge >= 0.3 is 0 Å². The number of amides is 1. The summed E-state index contributed by atoms with van der Waals surface area (Å²) in [7, 11) is -7.14.